The van der Waals surface area contributed by atoms with Crippen molar-refractivity contribution in [3.63, 3.8) is 0 Å². The van der Waals surface area contributed by atoms with Gasteiger partial charge in [-0.1, -0.05) is 188 Å². The fraction of sp³-hybridized carbons (Fsp3) is 0. The largest absolute Gasteiger partial charge is 0.310 e. The van der Waals surface area contributed by atoms with Crippen molar-refractivity contribution in [1.29, 1.82) is 0 Å². The van der Waals surface area contributed by atoms with Gasteiger partial charge in [0.2, 0.25) is 0 Å². The number of rotatable bonds is 9. The van der Waals surface area contributed by atoms with Crippen LogP contribution in [0.5, 0.6) is 0 Å². The molecule has 0 saturated heterocycles. The average Bonchev–Trinajstić information content (AvgIpc) is 3.90. The highest BCUT2D eigenvalue weighted by atomic mass is 15.1. The van der Waals surface area contributed by atoms with Gasteiger partial charge >= 0.3 is 0 Å². The van der Waals surface area contributed by atoms with Crippen molar-refractivity contribution in [1.82, 2.24) is 9.13 Å². The molecule has 10 aromatic carbocycles. The molecule has 2 aromatic heterocycles. The lowest BCUT2D eigenvalue weighted by Gasteiger charge is -2.26. The van der Waals surface area contributed by atoms with Crippen molar-refractivity contribution in [3.8, 4) is 55.9 Å². The molecule has 0 aliphatic rings. The van der Waals surface area contributed by atoms with Crippen LogP contribution in [0.2, 0.25) is 0 Å². The SMILES string of the molecule is c1ccc(-c2ccccc2-c2ccc(N(c3ccccc3)c3cccc(-c4ccc(-c5ccc6c7c8ccccc8n(-c8ccccc8)c7n(-c7ccccc7)c6c5)cc4)c3)cc2)cc1. The molecule has 0 radical (unpaired) electrons. The Morgan fingerprint density at radius 1 is 0.262 bits per heavy atom. The molecule has 12 rings (SSSR count). The van der Waals surface area contributed by atoms with E-state index < -0.39 is 0 Å². The normalized spacial score (nSPS) is 11.4. The van der Waals surface area contributed by atoms with E-state index in [0.29, 0.717) is 0 Å². The topological polar surface area (TPSA) is 13.1 Å². The molecule has 12 aromatic rings. The first-order valence-electron chi connectivity index (χ1n) is 22.3. The van der Waals surface area contributed by atoms with E-state index in [1.807, 2.05) is 0 Å². The lowest BCUT2D eigenvalue weighted by molar-refractivity contribution is 1.07. The van der Waals surface area contributed by atoms with Crippen LogP contribution in [0.1, 0.15) is 0 Å². The Morgan fingerprint density at radius 2 is 0.692 bits per heavy atom. The third kappa shape index (κ3) is 6.78. The van der Waals surface area contributed by atoms with Gasteiger partial charge in [0.05, 0.1) is 11.0 Å². The van der Waals surface area contributed by atoms with Gasteiger partial charge in [0.25, 0.3) is 0 Å². The third-order valence-electron chi connectivity index (χ3n) is 12.7. The summed E-state index contributed by atoms with van der Waals surface area (Å²) in [5.74, 6) is 0. The molecule has 0 spiro atoms. The molecule has 0 bridgehead atoms. The van der Waals surface area contributed by atoms with Crippen LogP contribution in [0, 0.1) is 0 Å². The van der Waals surface area contributed by atoms with Crippen molar-refractivity contribution < 1.29 is 0 Å². The van der Waals surface area contributed by atoms with Crippen molar-refractivity contribution in [2.24, 2.45) is 0 Å². The Balaban J connectivity index is 0.912. The Bertz CT molecular complexity index is 3610. The predicted octanol–water partition coefficient (Wildman–Crippen LogP) is 16.9. The van der Waals surface area contributed by atoms with E-state index in [2.05, 4.69) is 275 Å². The summed E-state index contributed by atoms with van der Waals surface area (Å²) in [5, 5.41) is 3.75. The van der Waals surface area contributed by atoms with Crippen molar-refractivity contribution in [2.75, 3.05) is 4.90 Å². The summed E-state index contributed by atoms with van der Waals surface area (Å²) in [7, 11) is 0. The van der Waals surface area contributed by atoms with Gasteiger partial charge in [0.15, 0.2) is 0 Å². The number of hydrogen-bond donors (Lipinski definition) is 0. The van der Waals surface area contributed by atoms with Gasteiger partial charge in [-0.15, -0.1) is 0 Å². The maximum atomic E-state index is 2.44. The average molecular weight is 830 g/mol. The molecule has 65 heavy (non-hydrogen) atoms. The highest BCUT2D eigenvalue weighted by Gasteiger charge is 2.22. The summed E-state index contributed by atoms with van der Waals surface area (Å²) in [6, 6.07) is 94.1. The fourth-order valence-electron chi connectivity index (χ4n) is 9.70. The summed E-state index contributed by atoms with van der Waals surface area (Å²) in [5.41, 5.74) is 18.6. The van der Waals surface area contributed by atoms with E-state index in [4.69, 9.17) is 0 Å². The molecule has 0 fully saturated rings. The van der Waals surface area contributed by atoms with E-state index >= 15 is 0 Å². The second-order valence-electron chi connectivity index (χ2n) is 16.5. The standard InChI is InChI=1S/C62H43N3/c1-5-18-46(19-6-1)55-28-13-14-29-56(55)47-36-39-53(40-37-47)63(50-21-7-2-8-22-50)54-27-17-20-48(42-54)44-32-34-45(35-33-44)49-38-41-58-60(43-49)65(52-25-11-4-12-26-52)62-61(58)57-30-15-16-31-59(57)64(62)51-23-9-3-10-24-51/h1-43H. The number of aromatic nitrogens is 2. The second kappa shape index (κ2) is 16.2. The van der Waals surface area contributed by atoms with E-state index in [1.165, 1.54) is 71.8 Å². The molecule has 2 heterocycles. The Kier molecular flexibility index (Phi) is 9.50. The zero-order valence-corrected chi connectivity index (χ0v) is 35.7. The van der Waals surface area contributed by atoms with Crippen LogP contribution in [-0.4, -0.2) is 9.13 Å². The van der Waals surface area contributed by atoms with E-state index in [0.717, 1.165) is 34.0 Å². The lowest BCUT2D eigenvalue weighted by atomic mass is 9.94. The van der Waals surface area contributed by atoms with Gasteiger partial charge in [-0.25, -0.2) is 0 Å². The Morgan fingerprint density at radius 3 is 1.34 bits per heavy atom. The highest BCUT2D eigenvalue weighted by molar-refractivity contribution is 6.22. The molecular weight excluding hydrogens is 787 g/mol. The number of fused-ring (bicyclic) bond motifs is 5. The number of hydrogen-bond acceptors (Lipinski definition) is 1. The maximum Gasteiger partial charge on any atom is 0.131 e. The Labute approximate surface area is 379 Å². The minimum Gasteiger partial charge on any atom is -0.310 e. The summed E-state index contributed by atoms with van der Waals surface area (Å²) in [4.78, 5) is 2.34. The molecule has 0 unspecified atom stereocenters. The molecular formula is C62H43N3. The first kappa shape index (κ1) is 38.0. The van der Waals surface area contributed by atoms with Gasteiger partial charge in [0.1, 0.15) is 5.65 Å². The second-order valence-corrected chi connectivity index (χ2v) is 16.5. The van der Waals surface area contributed by atoms with Crippen LogP contribution >= 0.6 is 0 Å². The van der Waals surface area contributed by atoms with Gasteiger partial charge in [0, 0.05) is 44.6 Å². The van der Waals surface area contributed by atoms with Crippen LogP contribution in [0.25, 0.3) is 88.7 Å². The van der Waals surface area contributed by atoms with E-state index in [9.17, 15) is 0 Å². The molecule has 0 N–H and O–H groups in total. The molecule has 306 valence electrons. The van der Waals surface area contributed by atoms with Gasteiger partial charge < -0.3 is 4.90 Å². The molecule has 0 aliphatic heterocycles. The third-order valence-corrected chi connectivity index (χ3v) is 12.7. The van der Waals surface area contributed by atoms with Crippen molar-refractivity contribution in [3.05, 3.63) is 261 Å². The molecule has 0 aliphatic carbocycles. The smallest absolute Gasteiger partial charge is 0.131 e. The zero-order chi connectivity index (χ0) is 43.1. The molecule has 0 amide bonds. The summed E-state index contributed by atoms with van der Waals surface area (Å²) < 4.78 is 4.86. The maximum absolute atomic E-state index is 2.44. The van der Waals surface area contributed by atoms with Crippen LogP contribution in [0.15, 0.2) is 261 Å². The number of anilines is 3. The zero-order valence-electron chi connectivity index (χ0n) is 35.7. The molecule has 3 heteroatoms. The quantitative estimate of drug-likeness (QED) is 0.141. The van der Waals surface area contributed by atoms with E-state index in [-0.39, 0.29) is 0 Å². The van der Waals surface area contributed by atoms with Crippen molar-refractivity contribution in [2.45, 2.75) is 0 Å². The molecule has 0 saturated carbocycles. The number of para-hydroxylation sites is 4. The monoisotopic (exact) mass is 829 g/mol. The first-order valence-corrected chi connectivity index (χ1v) is 22.3. The minimum absolute atomic E-state index is 1.10. The minimum atomic E-state index is 1.10. The fourth-order valence-corrected chi connectivity index (χ4v) is 9.70. The van der Waals surface area contributed by atoms with E-state index in [1.54, 1.807) is 0 Å². The summed E-state index contributed by atoms with van der Waals surface area (Å²) >= 11 is 0. The first-order chi connectivity index (χ1) is 32.3. The number of nitrogens with zero attached hydrogens (tertiary/aromatic N) is 3. The summed E-state index contributed by atoms with van der Waals surface area (Å²) in [6.45, 7) is 0. The van der Waals surface area contributed by atoms with Crippen LogP contribution in [0.3, 0.4) is 0 Å². The van der Waals surface area contributed by atoms with Gasteiger partial charge in [-0.3, -0.25) is 9.13 Å². The van der Waals surface area contributed by atoms with Gasteiger partial charge in [-0.05, 0) is 117 Å². The van der Waals surface area contributed by atoms with Crippen LogP contribution in [-0.2, 0) is 0 Å². The number of benzene rings is 10. The predicted molar refractivity (Wildman–Crippen MR) is 274 cm³/mol. The molecule has 3 nitrogen and oxygen atoms in total. The van der Waals surface area contributed by atoms with Gasteiger partial charge in [-0.2, -0.15) is 0 Å². The Hall–Kier alpha value is -8.66. The van der Waals surface area contributed by atoms with Crippen molar-refractivity contribution >= 4 is 49.9 Å². The molecule has 0 atom stereocenters. The summed E-state index contributed by atoms with van der Waals surface area (Å²) in [6.07, 6.45) is 0. The van der Waals surface area contributed by atoms with Crippen LogP contribution < -0.4 is 4.90 Å². The highest BCUT2D eigenvalue weighted by Crippen LogP contribution is 2.43. The van der Waals surface area contributed by atoms with Crippen LogP contribution in [0.4, 0.5) is 17.1 Å². The lowest BCUT2D eigenvalue weighted by Crippen LogP contribution is -2.09.